The molecule has 25 heavy (non-hydrogen) atoms. The van der Waals surface area contributed by atoms with Crippen molar-refractivity contribution in [1.82, 2.24) is 10.3 Å². The SMILES string of the molecule is CC(=O)NC(C(=O)OCc1cc2ccccc2[nH]c1=O)C1CCCC1. The number of benzene rings is 1. The summed E-state index contributed by atoms with van der Waals surface area (Å²) in [6, 6.07) is 8.51. The van der Waals surface area contributed by atoms with Crippen molar-refractivity contribution in [2.45, 2.75) is 45.3 Å². The van der Waals surface area contributed by atoms with Gasteiger partial charge in [0.05, 0.1) is 5.56 Å². The third kappa shape index (κ3) is 4.07. The fraction of sp³-hybridized carbons (Fsp3) is 0.421. The van der Waals surface area contributed by atoms with Gasteiger partial charge in [0.2, 0.25) is 5.91 Å². The lowest BCUT2D eigenvalue weighted by Gasteiger charge is -2.22. The molecule has 0 saturated heterocycles. The van der Waals surface area contributed by atoms with Gasteiger partial charge < -0.3 is 15.0 Å². The molecule has 132 valence electrons. The Morgan fingerprint density at radius 3 is 2.72 bits per heavy atom. The molecule has 6 nitrogen and oxygen atoms in total. The lowest BCUT2D eigenvalue weighted by atomic mass is 9.98. The van der Waals surface area contributed by atoms with Crippen molar-refractivity contribution >= 4 is 22.8 Å². The maximum absolute atomic E-state index is 12.5. The Morgan fingerprint density at radius 1 is 1.28 bits per heavy atom. The average Bonchev–Trinajstić information content (AvgIpc) is 3.11. The fourth-order valence-electron chi connectivity index (χ4n) is 3.42. The number of esters is 1. The highest BCUT2D eigenvalue weighted by molar-refractivity contribution is 5.83. The number of pyridine rings is 1. The minimum absolute atomic E-state index is 0.103. The molecule has 3 rings (SSSR count). The molecule has 2 aromatic rings. The molecule has 0 spiro atoms. The number of hydrogen-bond acceptors (Lipinski definition) is 4. The van der Waals surface area contributed by atoms with E-state index >= 15 is 0 Å². The molecule has 1 fully saturated rings. The third-order valence-electron chi connectivity index (χ3n) is 4.68. The van der Waals surface area contributed by atoms with Crippen LogP contribution < -0.4 is 10.9 Å². The number of aromatic nitrogens is 1. The van der Waals surface area contributed by atoms with E-state index < -0.39 is 12.0 Å². The quantitative estimate of drug-likeness (QED) is 0.816. The van der Waals surface area contributed by atoms with E-state index in [4.69, 9.17) is 4.74 Å². The van der Waals surface area contributed by atoms with Crippen molar-refractivity contribution < 1.29 is 14.3 Å². The molecule has 2 N–H and O–H groups in total. The van der Waals surface area contributed by atoms with Gasteiger partial charge in [-0.05, 0) is 36.3 Å². The normalized spacial score (nSPS) is 15.9. The largest absolute Gasteiger partial charge is 0.459 e. The van der Waals surface area contributed by atoms with Gasteiger partial charge >= 0.3 is 5.97 Å². The Balaban J connectivity index is 1.72. The fourth-order valence-corrected chi connectivity index (χ4v) is 3.42. The van der Waals surface area contributed by atoms with Crippen LogP contribution in [0.3, 0.4) is 0 Å². The molecule has 0 bridgehead atoms. The van der Waals surface area contributed by atoms with Crippen LogP contribution in [-0.4, -0.2) is 22.9 Å². The topological polar surface area (TPSA) is 88.3 Å². The van der Waals surface area contributed by atoms with Crippen LogP contribution in [0.25, 0.3) is 10.9 Å². The molecule has 1 heterocycles. The first kappa shape index (κ1) is 17.2. The third-order valence-corrected chi connectivity index (χ3v) is 4.68. The summed E-state index contributed by atoms with van der Waals surface area (Å²) >= 11 is 0. The maximum atomic E-state index is 12.5. The summed E-state index contributed by atoms with van der Waals surface area (Å²) in [5.74, 6) is -0.627. The Morgan fingerprint density at radius 2 is 2.00 bits per heavy atom. The second-order valence-electron chi connectivity index (χ2n) is 6.54. The standard InChI is InChI=1S/C19H22N2O4/c1-12(22)20-17(13-6-2-3-7-13)19(24)25-11-15-10-14-8-4-5-9-16(14)21-18(15)23/h4-5,8-10,13,17H,2-3,6-7,11H2,1H3,(H,20,22)(H,21,23). The van der Waals surface area contributed by atoms with Gasteiger partial charge in [0, 0.05) is 12.4 Å². The number of fused-ring (bicyclic) bond motifs is 1. The molecule has 1 unspecified atom stereocenters. The molecule has 1 aliphatic carbocycles. The molecule has 1 aromatic carbocycles. The van der Waals surface area contributed by atoms with Crippen LogP contribution in [0.15, 0.2) is 35.1 Å². The van der Waals surface area contributed by atoms with Crippen LogP contribution in [0, 0.1) is 5.92 Å². The summed E-state index contributed by atoms with van der Waals surface area (Å²) in [5.41, 5.74) is 0.855. The van der Waals surface area contributed by atoms with Gasteiger partial charge in [-0.15, -0.1) is 0 Å². The molecule has 1 aromatic heterocycles. The van der Waals surface area contributed by atoms with E-state index in [9.17, 15) is 14.4 Å². The van der Waals surface area contributed by atoms with Gasteiger partial charge in [0.1, 0.15) is 12.6 Å². The highest BCUT2D eigenvalue weighted by Gasteiger charge is 2.32. The summed E-state index contributed by atoms with van der Waals surface area (Å²) in [6.45, 7) is 1.28. The predicted molar refractivity (Wildman–Crippen MR) is 93.9 cm³/mol. The van der Waals surface area contributed by atoms with Crippen molar-refractivity contribution in [2.24, 2.45) is 5.92 Å². The second kappa shape index (κ2) is 7.51. The average molecular weight is 342 g/mol. The van der Waals surface area contributed by atoms with Gasteiger partial charge in [-0.2, -0.15) is 0 Å². The maximum Gasteiger partial charge on any atom is 0.329 e. The van der Waals surface area contributed by atoms with Crippen molar-refractivity contribution in [1.29, 1.82) is 0 Å². The Labute approximate surface area is 145 Å². The first-order valence-corrected chi connectivity index (χ1v) is 8.59. The molecule has 1 atom stereocenters. The number of para-hydroxylation sites is 1. The lowest BCUT2D eigenvalue weighted by molar-refractivity contribution is -0.150. The van der Waals surface area contributed by atoms with E-state index in [2.05, 4.69) is 10.3 Å². The van der Waals surface area contributed by atoms with Gasteiger partial charge in [0.15, 0.2) is 0 Å². The van der Waals surface area contributed by atoms with E-state index in [0.29, 0.717) is 5.56 Å². The predicted octanol–water partition coefficient (Wildman–Crippen LogP) is 2.27. The molecular weight excluding hydrogens is 320 g/mol. The number of rotatable bonds is 5. The van der Waals surface area contributed by atoms with Crippen molar-refractivity contribution in [2.75, 3.05) is 0 Å². The highest BCUT2D eigenvalue weighted by atomic mass is 16.5. The minimum atomic E-state index is -0.639. The zero-order chi connectivity index (χ0) is 17.8. The van der Waals surface area contributed by atoms with Crippen molar-refractivity contribution in [3.05, 3.63) is 46.2 Å². The van der Waals surface area contributed by atoms with Crippen LogP contribution in [0.4, 0.5) is 0 Å². The van der Waals surface area contributed by atoms with Crippen molar-refractivity contribution in [3.8, 4) is 0 Å². The Bertz CT molecular complexity index is 837. The number of ether oxygens (including phenoxy) is 1. The first-order chi connectivity index (χ1) is 12.0. The Hall–Kier alpha value is -2.63. The van der Waals surface area contributed by atoms with Gasteiger partial charge in [0.25, 0.3) is 5.56 Å². The van der Waals surface area contributed by atoms with Crippen LogP contribution >= 0.6 is 0 Å². The highest BCUT2D eigenvalue weighted by Crippen LogP contribution is 2.28. The van der Waals surface area contributed by atoms with E-state index in [1.165, 1.54) is 6.92 Å². The number of nitrogens with one attached hydrogen (secondary N) is 2. The van der Waals surface area contributed by atoms with Crippen LogP contribution in [0.1, 0.15) is 38.2 Å². The number of amides is 1. The minimum Gasteiger partial charge on any atom is -0.459 e. The number of hydrogen-bond donors (Lipinski definition) is 2. The van der Waals surface area contributed by atoms with E-state index in [1.54, 1.807) is 6.07 Å². The summed E-state index contributed by atoms with van der Waals surface area (Å²) in [6.07, 6.45) is 3.91. The smallest absolute Gasteiger partial charge is 0.329 e. The van der Waals surface area contributed by atoms with Crippen LogP contribution in [0.2, 0.25) is 0 Å². The molecular formula is C19H22N2O4. The summed E-state index contributed by atoms with van der Waals surface area (Å²) in [7, 11) is 0. The zero-order valence-corrected chi connectivity index (χ0v) is 14.2. The van der Waals surface area contributed by atoms with Crippen LogP contribution in [0.5, 0.6) is 0 Å². The first-order valence-electron chi connectivity index (χ1n) is 8.59. The summed E-state index contributed by atoms with van der Waals surface area (Å²) in [5, 5.41) is 3.58. The zero-order valence-electron chi connectivity index (χ0n) is 14.2. The van der Waals surface area contributed by atoms with E-state index in [0.717, 1.165) is 36.6 Å². The van der Waals surface area contributed by atoms with Crippen LogP contribution in [-0.2, 0) is 20.9 Å². The number of carbonyl (C=O) groups excluding carboxylic acids is 2. The second-order valence-corrected chi connectivity index (χ2v) is 6.54. The number of aromatic amines is 1. The van der Waals surface area contributed by atoms with E-state index in [-0.39, 0.29) is 24.0 Å². The molecule has 0 aliphatic heterocycles. The number of carbonyl (C=O) groups is 2. The van der Waals surface area contributed by atoms with Gasteiger partial charge in [-0.3, -0.25) is 9.59 Å². The van der Waals surface area contributed by atoms with E-state index in [1.807, 2.05) is 24.3 Å². The number of H-pyrrole nitrogens is 1. The molecule has 1 amide bonds. The van der Waals surface area contributed by atoms with Gasteiger partial charge in [-0.1, -0.05) is 31.0 Å². The van der Waals surface area contributed by atoms with Gasteiger partial charge in [-0.25, -0.2) is 4.79 Å². The molecule has 0 radical (unpaired) electrons. The Kier molecular flexibility index (Phi) is 5.16. The summed E-state index contributed by atoms with van der Waals surface area (Å²) < 4.78 is 5.36. The molecule has 1 aliphatic rings. The molecule has 6 heteroatoms. The summed E-state index contributed by atoms with van der Waals surface area (Å²) in [4.78, 5) is 38.8. The molecule has 1 saturated carbocycles. The lowest BCUT2D eigenvalue weighted by Crippen LogP contribution is -2.45. The van der Waals surface area contributed by atoms with Crippen molar-refractivity contribution in [3.63, 3.8) is 0 Å². The monoisotopic (exact) mass is 342 g/mol.